The van der Waals surface area contributed by atoms with E-state index in [4.69, 9.17) is 3.18 Å². The van der Waals surface area contributed by atoms with Gasteiger partial charge in [-0.2, -0.15) is 0 Å². The van der Waals surface area contributed by atoms with Crippen molar-refractivity contribution in [3.8, 4) is 0 Å². The predicted octanol–water partition coefficient (Wildman–Crippen LogP) is 7.77. The van der Waals surface area contributed by atoms with Gasteiger partial charge in [-0.05, 0) is 0 Å². The van der Waals surface area contributed by atoms with E-state index < -0.39 is 23.5 Å². The van der Waals surface area contributed by atoms with Gasteiger partial charge in [0.1, 0.15) is 0 Å². The molecule has 22 heavy (non-hydrogen) atoms. The minimum atomic E-state index is -2.94. The van der Waals surface area contributed by atoms with Crippen LogP contribution in [0.4, 0.5) is 0 Å². The van der Waals surface area contributed by atoms with Gasteiger partial charge in [-0.15, -0.1) is 0 Å². The Morgan fingerprint density at radius 3 is 1.59 bits per heavy atom. The van der Waals surface area contributed by atoms with Gasteiger partial charge in [-0.3, -0.25) is 0 Å². The van der Waals surface area contributed by atoms with E-state index in [1.807, 2.05) is 0 Å². The van der Waals surface area contributed by atoms with Crippen molar-refractivity contribution in [1.29, 1.82) is 0 Å². The number of rotatable bonds is 14. The predicted molar refractivity (Wildman–Crippen MR) is 103 cm³/mol. The Morgan fingerprint density at radius 2 is 1.32 bits per heavy atom. The van der Waals surface area contributed by atoms with Crippen molar-refractivity contribution in [2.24, 2.45) is 11.8 Å². The molecule has 0 radical (unpaired) electrons. The zero-order valence-corrected chi connectivity index (χ0v) is 19.5. The van der Waals surface area contributed by atoms with Crippen LogP contribution >= 0.6 is 30.3 Å². The first-order valence-corrected chi connectivity index (χ1v) is 16.4. The van der Waals surface area contributed by atoms with Gasteiger partial charge in [-0.1, -0.05) is 0 Å². The summed E-state index contributed by atoms with van der Waals surface area (Å²) in [6.07, 6.45) is 10.0. The van der Waals surface area contributed by atoms with Gasteiger partial charge in [0.15, 0.2) is 0 Å². The Hall–Kier alpha value is 1.58. The summed E-state index contributed by atoms with van der Waals surface area (Å²) in [6.45, 7) is 9.03. The molecule has 0 saturated heterocycles. The van der Waals surface area contributed by atoms with Crippen molar-refractivity contribution in [2.45, 2.75) is 88.7 Å². The first-order valence-electron chi connectivity index (χ1n) is 8.79. The number of hydrogen-bond acceptors (Lipinski definition) is 2. The summed E-state index contributed by atoms with van der Waals surface area (Å²) in [5.41, 5.74) is 0. The van der Waals surface area contributed by atoms with Crippen LogP contribution in [0.15, 0.2) is 0 Å². The Balaban J connectivity index is 4.68. The molecule has 0 aromatic rings. The van der Waals surface area contributed by atoms with Crippen LogP contribution in [0, 0.1) is 11.8 Å². The fraction of sp³-hybridized carbons (Fsp3) is 1.00. The Kier molecular flexibility index (Phi) is 14.8. The molecular formula is C16H36MoO2PS2. The molecule has 0 saturated carbocycles. The molecule has 0 aromatic carbocycles. The Bertz CT molecular complexity index is 295. The second-order valence-corrected chi connectivity index (χ2v) is 16.3. The molecule has 0 aliphatic carbocycles. The van der Waals surface area contributed by atoms with E-state index in [2.05, 4.69) is 52.2 Å². The second-order valence-electron chi connectivity index (χ2n) is 6.17. The van der Waals surface area contributed by atoms with Crippen molar-refractivity contribution in [1.82, 2.24) is 0 Å². The number of hydrogen-bond donors (Lipinski definition) is 2. The van der Waals surface area contributed by atoms with Gasteiger partial charge in [0.2, 0.25) is 0 Å². The molecule has 0 aromatic heterocycles. The van der Waals surface area contributed by atoms with Crippen molar-refractivity contribution in [3.05, 3.63) is 0 Å². The molecule has 0 spiro atoms. The van der Waals surface area contributed by atoms with E-state index >= 15 is 0 Å². The molecule has 0 aliphatic rings. The zero-order valence-electron chi connectivity index (χ0n) is 14.8. The molecule has 2 nitrogen and oxygen atoms in total. The third kappa shape index (κ3) is 12.9. The van der Waals surface area contributed by atoms with Gasteiger partial charge < -0.3 is 0 Å². The standard InChI is InChI=1S/2C8H17.Mo.H3O2PS2/c2*1-4-6-7-8(3)5-2;;1-3(2,4)5/h2*8H,3-7H2,1-2H3;;(H3,1,2,4,5)/q;;+1;/p-1. The SMILES string of the molecule is CCCCC(CC)[CH2][Mo]([CH2]C(CC)CCCC)[O]P(=O)(S)S. The first-order chi connectivity index (χ1) is 10.4. The Labute approximate surface area is 155 Å². The molecule has 0 fully saturated rings. The van der Waals surface area contributed by atoms with Crippen molar-refractivity contribution in [3.63, 3.8) is 0 Å². The third-order valence-corrected chi connectivity index (χ3v) is 14.0. The van der Waals surface area contributed by atoms with Gasteiger partial charge >= 0.3 is 156 Å². The summed E-state index contributed by atoms with van der Waals surface area (Å²) in [5, 5.41) is 0. The topological polar surface area (TPSA) is 26.3 Å². The van der Waals surface area contributed by atoms with Gasteiger partial charge in [0.05, 0.1) is 0 Å². The van der Waals surface area contributed by atoms with E-state index in [0.717, 1.165) is 21.5 Å². The van der Waals surface area contributed by atoms with Crippen molar-refractivity contribution >= 4 is 30.3 Å². The maximum atomic E-state index is 11.9. The van der Waals surface area contributed by atoms with Gasteiger partial charge in [-0.25, -0.2) is 0 Å². The first kappa shape index (κ1) is 23.6. The molecule has 0 amide bonds. The molecule has 2 atom stereocenters. The van der Waals surface area contributed by atoms with E-state index in [-0.39, 0.29) is 0 Å². The van der Waals surface area contributed by atoms with E-state index in [0.29, 0.717) is 0 Å². The van der Waals surface area contributed by atoms with Crippen LogP contribution in [0.2, 0.25) is 9.62 Å². The van der Waals surface area contributed by atoms with Crippen LogP contribution in [0.5, 0.6) is 0 Å². The molecule has 0 heterocycles. The van der Waals surface area contributed by atoms with Crippen LogP contribution in [0.3, 0.4) is 0 Å². The average molecular weight is 452 g/mol. The van der Waals surface area contributed by atoms with Crippen LogP contribution in [-0.2, 0) is 25.4 Å². The summed E-state index contributed by atoms with van der Waals surface area (Å²) in [7, 11) is 0. The molecule has 0 rings (SSSR count). The molecular weight excluding hydrogens is 415 g/mol. The van der Waals surface area contributed by atoms with Crippen LogP contribution in [0.25, 0.3) is 0 Å². The van der Waals surface area contributed by atoms with Crippen LogP contribution in [0.1, 0.15) is 79.1 Å². The molecule has 2 unspecified atom stereocenters. The minimum absolute atomic E-state index is 0.730. The second kappa shape index (κ2) is 13.8. The Morgan fingerprint density at radius 1 is 0.909 bits per heavy atom. The zero-order chi connectivity index (χ0) is 17.0. The average Bonchev–Trinajstić information content (AvgIpc) is 2.45. The monoisotopic (exact) mass is 453 g/mol. The summed E-state index contributed by atoms with van der Waals surface area (Å²) in [4.78, 5) is 2.32. The number of unbranched alkanes of at least 4 members (excludes halogenated alkanes) is 2. The van der Waals surface area contributed by atoms with E-state index in [1.165, 1.54) is 51.4 Å². The molecule has 0 N–H and O–H groups in total. The molecule has 135 valence electrons. The molecule has 0 aliphatic heterocycles. The van der Waals surface area contributed by atoms with E-state index in [9.17, 15) is 4.57 Å². The van der Waals surface area contributed by atoms with Gasteiger partial charge in [0.25, 0.3) is 0 Å². The fourth-order valence-corrected chi connectivity index (χ4v) is 14.2. The summed E-state index contributed by atoms with van der Waals surface area (Å²) < 4.78 is 17.9. The fourth-order valence-electron chi connectivity index (χ4n) is 2.59. The summed E-state index contributed by atoms with van der Waals surface area (Å²) in [6, 6.07) is 0. The van der Waals surface area contributed by atoms with Crippen LogP contribution < -0.4 is 0 Å². The quantitative estimate of drug-likeness (QED) is 0.160. The van der Waals surface area contributed by atoms with Crippen molar-refractivity contribution in [2.75, 3.05) is 0 Å². The van der Waals surface area contributed by atoms with Crippen molar-refractivity contribution < 1.29 is 25.4 Å². The summed E-state index contributed by atoms with van der Waals surface area (Å²) in [5.74, 6) is -1.48. The van der Waals surface area contributed by atoms with E-state index in [1.54, 1.807) is 0 Å². The third-order valence-electron chi connectivity index (χ3n) is 4.13. The summed E-state index contributed by atoms with van der Waals surface area (Å²) >= 11 is 6.30. The van der Waals surface area contributed by atoms with Gasteiger partial charge in [0, 0.05) is 0 Å². The van der Waals surface area contributed by atoms with Crippen LogP contribution in [-0.4, -0.2) is 0 Å². The molecule has 6 heteroatoms. The number of thiol groups is 2. The normalized spacial score (nSPS) is 15.2. The molecule has 0 bridgehead atoms. The maximum absolute atomic E-state index is 11.9.